The first kappa shape index (κ1) is 16.6. The van der Waals surface area contributed by atoms with Crippen LogP contribution in [0.4, 0.5) is 0 Å². The Bertz CT molecular complexity index is 227. The molecule has 0 saturated carbocycles. The smallest absolute Gasteiger partial charge is 0.303 e. The monoisotopic (exact) mass is 233 g/mol. The Morgan fingerprint density at radius 2 is 1.19 bits per heavy atom. The molecule has 3 N–H and O–H groups in total. The number of carboxylic acid groups (broad SMARTS) is 2. The van der Waals surface area contributed by atoms with Gasteiger partial charge in [0.1, 0.15) is 0 Å². The lowest BCUT2D eigenvalue weighted by molar-refractivity contribution is -0.143. The van der Waals surface area contributed by atoms with Crippen LogP contribution in [-0.2, 0) is 9.59 Å². The van der Waals surface area contributed by atoms with Crippen LogP contribution < -0.4 is 0 Å². The lowest BCUT2D eigenvalue weighted by Gasteiger charge is -2.19. The first-order valence-corrected chi connectivity index (χ1v) is 4.55. The molecule has 0 atom stereocenters. The molecule has 0 fully saturated rings. The fourth-order valence-corrected chi connectivity index (χ4v) is 0.614. The van der Waals surface area contributed by atoms with Gasteiger partial charge < -0.3 is 20.0 Å². The third-order valence-electron chi connectivity index (χ3n) is 1.40. The number of carboxylic acids is 2. The van der Waals surface area contributed by atoms with E-state index >= 15 is 0 Å². The molecular formula is C9H19N3O4. The highest BCUT2D eigenvalue weighted by molar-refractivity contribution is 5.75. The van der Waals surface area contributed by atoms with Crippen molar-refractivity contribution in [3.05, 3.63) is 0 Å². The molecule has 0 aliphatic rings. The highest BCUT2D eigenvalue weighted by atomic mass is 16.4. The summed E-state index contributed by atoms with van der Waals surface area (Å²) in [6.07, 6.45) is -0.593. The Morgan fingerprint density at radius 3 is 1.25 bits per heavy atom. The van der Waals surface area contributed by atoms with E-state index in [1.54, 1.807) is 9.80 Å². The maximum Gasteiger partial charge on any atom is 0.303 e. The quantitative estimate of drug-likeness (QED) is 0.467. The van der Waals surface area contributed by atoms with E-state index in [9.17, 15) is 9.59 Å². The van der Waals surface area contributed by atoms with Gasteiger partial charge in [-0.1, -0.05) is 0 Å². The first-order chi connectivity index (χ1) is 7.18. The summed E-state index contributed by atoms with van der Waals surface area (Å²) in [6.45, 7) is 0. The van der Waals surface area contributed by atoms with E-state index in [1.807, 2.05) is 28.2 Å². The lowest BCUT2D eigenvalue weighted by atomic mass is 10.3. The summed E-state index contributed by atoms with van der Waals surface area (Å²) in [5.41, 5.74) is 0. The Hall–Kier alpha value is -1.79. The predicted molar refractivity (Wildman–Crippen MR) is 59.6 cm³/mol. The number of hydrogen-bond donors (Lipinski definition) is 3. The highest BCUT2D eigenvalue weighted by Crippen LogP contribution is 1.86. The highest BCUT2D eigenvalue weighted by Gasteiger charge is 2.00. The zero-order valence-electron chi connectivity index (χ0n) is 10.0. The molecule has 0 rings (SSSR count). The number of carbonyl (C=O) groups is 2. The number of rotatable bonds is 3. The van der Waals surface area contributed by atoms with Gasteiger partial charge in [0.2, 0.25) is 0 Å². The number of guanidine groups is 1. The van der Waals surface area contributed by atoms with Crippen LogP contribution in [0.5, 0.6) is 0 Å². The molecule has 0 aromatic rings. The molecule has 0 aliphatic carbocycles. The molecule has 0 aliphatic heterocycles. The largest absolute Gasteiger partial charge is 0.481 e. The number of nitrogens with one attached hydrogen (secondary N) is 1. The molecular weight excluding hydrogens is 214 g/mol. The van der Waals surface area contributed by atoms with Crippen molar-refractivity contribution in [2.24, 2.45) is 0 Å². The normalized spacial score (nSPS) is 8.50. The van der Waals surface area contributed by atoms with Crippen LogP contribution in [0.2, 0.25) is 0 Å². The molecule has 0 spiro atoms. The second-order valence-electron chi connectivity index (χ2n) is 3.40. The molecule has 7 heteroatoms. The second kappa shape index (κ2) is 8.51. The Kier molecular flexibility index (Phi) is 8.85. The molecule has 94 valence electrons. The summed E-state index contributed by atoms with van der Waals surface area (Å²) in [5, 5.41) is 23.0. The Morgan fingerprint density at radius 1 is 0.938 bits per heavy atom. The van der Waals surface area contributed by atoms with Gasteiger partial charge in [0.25, 0.3) is 0 Å². The summed E-state index contributed by atoms with van der Waals surface area (Å²) < 4.78 is 0. The van der Waals surface area contributed by atoms with E-state index in [0.29, 0.717) is 5.96 Å². The van der Waals surface area contributed by atoms with Gasteiger partial charge in [-0.2, -0.15) is 0 Å². The molecule has 16 heavy (non-hydrogen) atoms. The number of nitrogens with zero attached hydrogens (tertiary/aromatic N) is 2. The van der Waals surface area contributed by atoms with Gasteiger partial charge in [-0.15, -0.1) is 0 Å². The molecule has 0 unspecified atom stereocenters. The minimum Gasteiger partial charge on any atom is -0.481 e. The topological polar surface area (TPSA) is 105 Å². The Balaban J connectivity index is 0. The van der Waals surface area contributed by atoms with E-state index in [1.165, 1.54) is 0 Å². The van der Waals surface area contributed by atoms with Gasteiger partial charge in [-0.3, -0.25) is 15.0 Å². The van der Waals surface area contributed by atoms with Gasteiger partial charge in [-0.25, -0.2) is 0 Å². The third kappa shape index (κ3) is 12.2. The fraction of sp³-hybridized carbons (Fsp3) is 0.667. The molecule has 0 bridgehead atoms. The maximum atomic E-state index is 9.64. The van der Waals surface area contributed by atoms with Crippen molar-refractivity contribution < 1.29 is 19.8 Å². The average Bonchev–Trinajstić information content (AvgIpc) is 2.14. The van der Waals surface area contributed by atoms with Gasteiger partial charge in [0.05, 0.1) is 12.8 Å². The maximum absolute atomic E-state index is 9.64. The molecule has 0 amide bonds. The van der Waals surface area contributed by atoms with Crippen molar-refractivity contribution in [2.45, 2.75) is 12.8 Å². The van der Waals surface area contributed by atoms with E-state index < -0.39 is 11.9 Å². The van der Waals surface area contributed by atoms with E-state index in [4.69, 9.17) is 15.6 Å². The van der Waals surface area contributed by atoms with Crippen LogP contribution in [0.1, 0.15) is 12.8 Å². The molecule has 0 heterocycles. The average molecular weight is 233 g/mol. The molecule has 0 saturated heterocycles. The summed E-state index contributed by atoms with van der Waals surface area (Å²) in [7, 11) is 7.40. The number of aliphatic carboxylic acids is 2. The summed E-state index contributed by atoms with van der Waals surface area (Å²) in [5.74, 6) is -1.63. The van der Waals surface area contributed by atoms with Crippen molar-refractivity contribution in [1.82, 2.24) is 9.80 Å². The van der Waals surface area contributed by atoms with Crippen LogP contribution in [0, 0.1) is 5.41 Å². The van der Waals surface area contributed by atoms with Gasteiger partial charge in [0.15, 0.2) is 5.96 Å². The van der Waals surface area contributed by atoms with E-state index in [-0.39, 0.29) is 12.8 Å². The minimum absolute atomic E-state index is 0.296. The van der Waals surface area contributed by atoms with Gasteiger partial charge in [-0.05, 0) is 0 Å². The summed E-state index contributed by atoms with van der Waals surface area (Å²) in [6, 6.07) is 0. The van der Waals surface area contributed by atoms with Gasteiger partial charge in [0, 0.05) is 28.2 Å². The second-order valence-corrected chi connectivity index (χ2v) is 3.40. The molecule has 0 aromatic heterocycles. The standard InChI is InChI=1S/C5H13N3.C4H6O4/c1-7(2)5(6)8(3)4;5-3(6)1-2-4(7)8/h6H,1-4H3;1-2H2,(H,5,6)(H,7,8). The number of hydrogen-bond acceptors (Lipinski definition) is 3. The zero-order valence-corrected chi connectivity index (χ0v) is 10.0. The van der Waals surface area contributed by atoms with Crippen LogP contribution in [-0.4, -0.2) is 66.1 Å². The van der Waals surface area contributed by atoms with Crippen LogP contribution in [0.25, 0.3) is 0 Å². The van der Waals surface area contributed by atoms with E-state index in [0.717, 1.165) is 0 Å². The van der Waals surface area contributed by atoms with Crippen molar-refractivity contribution in [1.29, 1.82) is 5.41 Å². The minimum atomic E-state index is -1.08. The van der Waals surface area contributed by atoms with Crippen LogP contribution in [0.3, 0.4) is 0 Å². The van der Waals surface area contributed by atoms with E-state index in [2.05, 4.69) is 0 Å². The molecule has 7 nitrogen and oxygen atoms in total. The molecule has 0 radical (unpaired) electrons. The SMILES string of the molecule is CN(C)C(=N)N(C)C.O=C(O)CCC(=O)O. The third-order valence-corrected chi connectivity index (χ3v) is 1.40. The summed E-state index contributed by atoms with van der Waals surface area (Å²) in [4.78, 5) is 22.8. The van der Waals surface area contributed by atoms with Crippen LogP contribution in [0.15, 0.2) is 0 Å². The van der Waals surface area contributed by atoms with Crippen molar-refractivity contribution in [3.8, 4) is 0 Å². The Labute approximate surface area is 94.8 Å². The summed E-state index contributed by atoms with van der Waals surface area (Å²) >= 11 is 0. The van der Waals surface area contributed by atoms with Crippen LogP contribution >= 0.6 is 0 Å². The van der Waals surface area contributed by atoms with Crippen molar-refractivity contribution >= 4 is 17.9 Å². The lowest BCUT2D eigenvalue weighted by Crippen LogP contribution is -2.34. The first-order valence-electron chi connectivity index (χ1n) is 4.55. The molecule has 0 aromatic carbocycles. The van der Waals surface area contributed by atoms with Crippen molar-refractivity contribution in [3.63, 3.8) is 0 Å². The fourth-order valence-electron chi connectivity index (χ4n) is 0.614. The predicted octanol–water partition coefficient (Wildman–Crippen LogP) is -0.0198. The van der Waals surface area contributed by atoms with Gasteiger partial charge >= 0.3 is 11.9 Å². The zero-order chi connectivity index (χ0) is 13.3. The van der Waals surface area contributed by atoms with Crippen molar-refractivity contribution in [2.75, 3.05) is 28.2 Å².